The first-order valence-corrected chi connectivity index (χ1v) is 11.0. The standard InChI is InChI=1S/C24H21ClN4O3/c25-18-10-4-3-9-17(18)22-21-23(32-28-22)26-14-29(24(21)31)13-12-20(30)27-19-11-5-7-15-6-1-2-8-16(15)19/h1-4,6,8-10,14,19H,5,7,11-13H2,(H,27,30). The highest BCUT2D eigenvalue weighted by Gasteiger charge is 2.22. The van der Waals surface area contributed by atoms with E-state index in [1.807, 2.05) is 18.2 Å². The zero-order valence-electron chi connectivity index (χ0n) is 17.3. The van der Waals surface area contributed by atoms with Gasteiger partial charge < -0.3 is 9.84 Å². The molecule has 0 spiro atoms. The van der Waals surface area contributed by atoms with Crippen LogP contribution in [0.25, 0.3) is 22.4 Å². The molecule has 1 atom stereocenters. The molecule has 2 aromatic heterocycles. The van der Waals surface area contributed by atoms with Gasteiger partial charge in [-0.1, -0.05) is 59.2 Å². The van der Waals surface area contributed by atoms with Crippen LogP contribution in [0, 0.1) is 0 Å². The molecule has 0 fully saturated rings. The average molecular weight is 449 g/mol. The number of carbonyl (C=O) groups excluding carboxylic acids is 1. The number of hydrogen-bond acceptors (Lipinski definition) is 5. The van der Waals surface area contributed by atoms with E-state index in [2.05, 4.69) is 27.6 Å². The van der Waals surface area contributed by atoms with Crippen molar-refractivity contribution in [2.75, 3.05) is 0 Å². The monoisotopic (exact) mass is 448 g/mol. The van der Waals surface area contributed by atoms with Crippen LogP contribution < -0.4 is 10.9 Å². The van der Waals surface area contributed by atoms with Crippen LogP contribution in [0.5, 0.6) is 0 Å². The summed E-state index contributed by atoms with van der Waals surface area (Å²) >= 11 is 6.28. The topological polar surface area (TPSA) is 90.0 Å². The van der Waals surface area contributed by atoms with Gasteiger partial charge in [0.05, 0.1) is 11.1 Å². The molecule has 162 valence electrons. The Kier molecular flexibility index (Phi) is 5.49. The van der Waals surface area contributed by atoms with E-state index >= 15 is 0 Å². The van der Waals surface area contributed by atoms with Crippen LogP contribution in [0.3, 0.4) is 0 Å². The number of aryl methyl sites for hydroxylation is 2. The number of hydrogen-bond donors (Lipinski definition) is 1. The molecule has 0 saturated carbocycles. The Hall–Kier alpha value is -3.45. The molecule has 1 aliphatic carbocycles. The highest BCUT2D eigenvalue weighted by atomic mass is 35.5. The molecule has 5 rings (SSSR count). The normalized spacial score (nSPS) is 15.5. The van der Waals surface area contributed by atoms with E-state index in [0.717, 1.165) is 19.3 Å². The summed E-state index contributed by atoms with van der Waals surface area (Å²) in [5, 5.41) is 7.84. The molecule has 1 amide bonds. The predicted molar refractivity (Wildman–Crippen MR) is 121 cm³/mol. The van der Waals surface area contributed by atoms with Gasteiger partial charge in [-0.15, -0.1) is 0 Å². The second kappa shape index (κ2) is 8.59. The molecular formula is C24H21ClN4O3. The van der Waals surface area contributed by atoms with Crippen LogP contribution in [0.4, 0.5) is 0 Å². The van der Waals surface area contributed by atoms with Crippen molar-refractivity contribution < 1.29 is 9.32 Å². The van der Waals surface area contributed by atoms with Crippen molar-refractivity contribution in [3.05, 3.63) is 81.4 Å². The molecule has 1 N–H and O–H groups in total. The number of halogens is 1. The SMILES string of the molecule is O=C(CCn1cnc2onc(-c3ccccc3Cl)c2c1=O)NC1CCCc2ccccc21. The first-order valence-electron chi connectivity index (χ1n) is 10.6. The minimum absolute atomic E-state index is 0.00896. The zero-order valence-corrected chi connectivity index (χ0v) is 18.0. The lowest BCUT2D eigenvalue weighted by Crippen LogP contribution is -2.32. The van der Waals surface area contributed by atoms with Crippen LogP contribution in [0.2, 0.25) is 5.02 Å². The minimum atomic E-state index is -0.318. The summed E-state index contributed by atoms with van der Waals surface area (Å²) in [6.45, 7) is 0.203. The third-order valence-corrected chi connectivity index (χ3v) is 6.21. The molecule has 7 nitrogen and oxygen atoms in total. The van der Waals surface area contributed by atoms with Crippen molar-refractivity contribution in [1.82, 2.24) is 20.0 Å². The first-order chi connectivity index (χ1) is 15.6. The fourth-order valence-electron chi connectivity index (χ4n) is 4.27. The summed E-state index contributed by atoms with van der Waals surface area (Å²) in [5.41, 5.74) is 3.24. The number of aromatic nitrogens is 3. The molecule has 32 heavy (non-hydrogen) atoms. The number of carbonyl (C=O) groups is 1. The van der Waals surface area contributed by atoms with E-state index in [9.17, 15) is 9.59 Å². The van der Waals surface area contributed by atoms with E-state index < -0.39 is 0 Å². The summed E-state index contributed by atoms with van der Waals surface area (Å²) < 4.78 is 6.65. The van der Waals surface area contributed by atoms with Crippen molar-refractivity contribution in [2.45, 2.75) is 38.3 Å². The lowest BCUT2D eigenvalue weighted by molar-refractivity contribution is -0.122. The number of nitrogens with one attached hydrogen (secondary N) is 1. The van der Waals surface area contributed by atoms with Crippen molar-refractivity contribution >= 4 is 28.6 Å². The Labute approximate surface area is 189 Å². The minimum Gasteiger partial charge on any atom is -0.349 e. The molecule has 2 aromatic carbocycles. The van der Waals surface area contributed by atoms with Gasteiger partial charge in [0.2, 0.25) is 5.91 Å². The summed E-state index contributed by atoms with van der Waals surface area (Å²) in [6.07, 6.45) is 4.54. The van der Waals surface area contributed by atoms with Crippen molar-refractivity contribution in [1.29, 1.82) is 0 Å². The second-order valence-corrected chi connectivity index (χ2v) is 8.30. The molecule has 2 heterocycles. The Morgan fingerprint density at radius 3 is 2.88 bits per heavy atom. The van der Waals surface area contributed by atoms with Gasteiger partial charge in [-0.05, 0) is 36.5 Å². The highest BCUT2D eigenvalue weighted by Crippen LogP contribution is 2.31. The molecule has 0 bridgehead atoms. The Morgan fingerprint density at radius 2 is 2.00 bits per heavy atom. The number of amides is 1. The molecule has 1 aliphatic rings. The van der Waals surface area contributed by atoms with Crippen molar-refractivity contribution in [3.8, 4) is 11.3 Å². The maximum Gasteiger partial charge on any atom is 0.266 e. The van der Waals surface area contributed by atoms with E-state index in [1.165, 1.54) is 22.0 Å². The molecule has 1 unspecified atom stereocenters. The van der Waals surface area contributed by atoms with Gasteiger partial charge in [0.25, 0.3) is 11.3 Å². The van der Waals surface area contributed by atoms with Gasteiger partial charge in [-0.2, -0.15) is 0 Å². The van der Waals surface area contributed by atoms with Crippen LogP contribution in [-0.4, -0.2) is 20.6 Å². The molecule has 8 heteroatoms. The predicted octanol–water partition coefficient (Wildman–Crippen LogP) is 4.29. The molecule has 4 aromatic rings. The summed E-state index contributed by atoms with van der Waals surface area (Å²) in [6, 6.07) is 15.3. The zero-order chi connectivity index (χ0) is 22.1. The molecule has 0 saturated heterocycles. The largest absolute Gasteiger partial charge is 0.349 e. The smallest absolute Gasteiger partial charge is 0.266 e. The Balaban J connectivity index is 1.35. The number of benzene rings is 2. The van der Waals surface area contributed by atoms with Gasteiger partial charge in [0.1, 0.15) is 17.4 Å². The van der Waals surface area contributed by atoms with Gasteiger partial charge in [0.15, 0.2) is 0 Å². The van der Waals surface area contributed by atoms with Crippen LogP contribution >= 0.6 is 11.6 Å². The Bertz CT molecular complexity index is 1360. The maximum atomic E-state index is 13.1. The maximum absolute atomic E-state index is 13.1. The quantitative estimate of drug-likeness (QED) is 0.492. The average Bonchev–Trinajstić information content (AvgIpc) is 3.24. The summed E-state index contributed by atoms with van der Waals surface area (Å²) in [7, 11) is 0. The van der Waals surface area contributed by atoms with Crippen LogP contribution in [-0.2, 0) is 17.8 Å². The van der Waals surface area contributed by atoms with Crippen molar-refractivity contribution in [2.24, 2.45) is 0 Å². The van der Waals surface area contributed by atoms with Gasteiger partial charge >= 0.3 is 0 Å². The number of rotatable bonds is 5. The fraction of sp³-hybridized carbons (Fsp3) is 0.250. The van der Waals surface area contributed by atoms with E-state index in [0.29, 0.717) is 16.3 Å². The summed E-state index contributed by atoms with van der Waals surface area (Å²) in [4.78, 5) is 30.0. The first kappa shape index (κ1) is 20.5. The second-order valence-electron chi connectivity index (χ2n) is 7.90. The molecule has 0 radical (unpaired) electrons. The number of nitrogens with zero attached hydrogens (tertiary/aromatic N) is 3. The highest BCUT2D eigenvalue weighted by molar-refractivity contribution is 6.33. The van der Waals surface area contributed by atoms with Gasteiger partial charge in [-0.25, -0.2) is 4.98 Å². The third kappa shape index (κ3) is 3.80. The summed E-state index contributed by atoms with van der Waals surface area (Å²) in [5.74, 6) is -0.102. The lowest BCUT2D eigenvalue weighted by Gasteiger charge is -2.26. The van der Waals surface area contributed by atoms with Gasteiger partial charge in [0, 0.05) is 18.5 Å². The fourth-order valence-corrected chi connectivity index (χ4v) is 4.49. The number of fused-ring (bicyclic) bond motifs is 2. The lowest BCUT2D eigenvalue weighted by atomic mass is 9.88. The van der Waals surface area contributed by atoms with Crippen LogP contribution in [0.1, 0.15) is 36.4 Å². The Morgan fingerprint density at radius 1 is 1.19 bits per heavy atom. The van der Waals surface area contributed by atoms with Crippen molar-refractivity contribution in [3.63, 3.8) is 0 Å². The van der Waals surface area contributed by atoms with E-state index in [1.54, 1.807) is 18.2 Å². The van der Waals surface area contributed by atoms with Crippen LogP contribution in [0.15, 0.2) is 64.2 Å². The molecule has 0 aliphatic heterocycles. The molecular weight excluding hydrogens is 428 g/mol. The van der Waals surface area contributed by atoms with Gasteiger partial charge in [-0.3, -0.25) is 14.2 Å². The van der Waals surface area contributed by atoms with E-state index in [4.69, 9.17) is 16.1 Å². The third-order valence-electron chi connectivity index (χ3n) is 5.88. The van der Waals surface area contributed by atoms with E-state index in [-0.39, 0.29) is 41.6 Å².